The molecule has 0 fully saturated rings. The lowest BCUT2D eigenvalue weighted by molar-refractivity contribution is 0.0591. The standard InChI is InChI=1S/C12H8N2O3S/c1-17-12(16)9-10(15)11-6(5-14-9)8-7(18-11)3-2-4-13-8/h2-5,15H,1H3. The fourth-order valence-corrected chi connectivity index (χ4v) is 2.87. The minimum atomic E-state index is -0.653. The van der Waals surface area contributed by atoms with Crippen LogP contribution in [0.15, 0.2) is 24.5 Å². The second-order valence-corrected chi connectivity index (χ2v) is 4.69. The minimum Gasteiger partial charge on any atom is -0.504 e. The van der Waals surface area contributed by atoms with Crippen molar-refractivity contribution in [3.63, 3.8) is 0 Å². The van der Waals surface area contributed by atoms with Crippen molar-refractivity contribution in [1.82, 2.24) is 9.97 Å². The average molecular weight is 260 g/mol. The van der Waals surface area contributed by atoms with E-state index in [0.29, 0.717) is 4.70 Å². The molecule has 0 aliphatic heterocycles. The molecule has 0 bridgehead atoms. The van der Waals surface area contributed by atoms with Crippen molar-refractivity contribution in [2.75, 3.05) is 7.11 Å². The summed E-state index contributed by atoms with van der Waals surface area (Å²) in [6.07, 6.45) is 3.22. The van der Waals surface area contributed by atoms with Gasteiger partial charge in [-0.3, -0.25) is 4.98 Å². The summed E-state index contributed by atoms with van der Waals surface area (Å²) in [4.78, 5) is 19.6. The van der Waals surface area contributed by atoms with Gasteiger partial charge in [0.1, 0.15) is 0 Å². The van der Waals surface area contributed by atoms with Crippen molar-refractivity contribution in [2.45, 2.75) is 0 Å². The number of fused-ring (bicyclic) bond motifs is 3. The normalized spacial score (nSPS) is 10.9. The highest BCUT2D eigenvalue weighted by molar-refractivity contribution is 7.26. The van der Waals surface area contributed by atoms with Crippen LogP contribution >= 0.6 is 11.3 Å². The molecule has 3 heterocycles. The lowest BCUT2D eigenvalue weighted by Crippen LogP contribution is -2.04. The summed E-state index contributed by atoms with van der Waals surface area (Å²) in [5.41, 5.74) is 0.702. The van der Waals surface area contributed by atoms with Gasteiger partial charge in [0.2, 0.25) is 0 Å². The third-order valence-electron chi connectivity index (χ3n) is 2.62. The second-order valence-electron chi connectivity index (χ2n) is 3.64. The van der Waals surface area contributed by atoms with Crippen LogP contribution in [-0.4, -0.2) is 28.2 Å². The summed E-state index contributed by atoms with van der Waals surface area (Å²) in [6, 6.07) is 3.73. The van der Waals surface area contributed by atoms with E-state index in [1.165, 1.54) is 24.6 Å². The average Bonchev–Trinajstić information content (AvgIpc) is 2.78. The Morgan fingerprint density at radius 2 is 2.28 bits per heavy atom. The van der Waals surface area contributed by atoms with E-state index in [1.54, 1.807) is 6.20 Å². The molecule has 3 rings (SSSR count). The number of rotatable bonds is 1. The highest BCUT2D eigenvalue weighted by Crippen LogP contribution is 2.38. The molecule has 3 aromatic rings. The monoisotopic (exact) mass is 260 g/mol. The van der Waals surface area contributed by atoms with Crippen molar-refractivity contribution in [1.29, 1.82) is 0 Å². The number of hydrogen-bond donors (Lipinski definition) is 1. The summed E-state index contributed by atoms with van der Waals surface area (Å²) in [5.74, 6) is -0.804. The summed E-state index contributed by atoms with van der Waals surface area (Å²) in [6.45, 7) is 0. The Balaban J connectivity index is 2.39. The summed E-state index contributed by atoms with van der Waals surface area (Å²) in [5, 5.41) is 10.8. The number of carbonyl (C=O) groups excluding carboxylic acids is 1. The largest absolute Gasteiger partial charge is 0.504 e. The molecule has 6 heteroatoms. The number of ether oxygens (including phenoxy) is 1. The number of aromatic nitrogens is 2. The number of carbonyl (C=O) groups is 1. The van der Waals surface area contributed by atoms with Crippen molar-refractivity contribution >= 4 is 37.6 Å². The Bertz CT molecular complexity index is 766. The zero-order valence-corrected chi connectivity index (χ0v) is 10.2. The zero-order valence-electron chi connectivity index (χ0n) is 9.38. The zero-order chi connectivity index (χ0) is 12.7. The molecule has 18 heavy (non-hydrogen) atoms. The number of esters is 1. The lowest BCUT2D eigenvalue weighted by atomic mass is 10.2. The molecule has 1 N–H and O–H groups in total. The summed E-state index contributed by atoms with van der Waals surface area (Å²) < 4.78 is 6.10. The predicted octanol–water partition coefficient (Wildman–Crippen LogP) is 2.34. The first-order valence-electron chi connectivity index (χ1n) is 5.16. The Kier molecular flexibility index (Phi) is 2.38. The van der Waals surface area contributed by atoms with Gasteiger partial charge in [-0.05, 0) is 12.1 Å². The molecule has 0 aliphatic carbocycles. The molecular formula is C12H8N2O3S. The van der Waals surface area contributed by atoms with E-state index >= 15 is 0 Å². The van der Waals surface area contributed by atoms with E-state index in [-0.39, 0.29) is 11.4 Å². The number of hydrogen-bond acceptors (Lipinski definition) is 6. The van der Waals surface area contributed by atoms with Gasteiger partial charge in [-0.1, -0.05) is 0 Å². The van der Waals surface area contributed by atoms with Gasteiger partial charge in [0, 0.05) is 17.8 Å². The fraction of sp³-hybridized carbons (Fsp3) is 0.0833. The second kappa shape index (κ2) is 3.92. The van der Waals surface area contributed by atoms with Gasteiger partial charge in [-0.2, -0.15) is 0 Å². The molecule has 3 aromatic heterocycles. The quantitative estimate of drug-likeness (QED) is 0.680. The molecule has 5 nitrogen and oxygen atoms in total. The smallest absolute Gasteiger partial charge is 0.360 e. The number of pyridine rings is 2. The Morgan fingerprint density at radius 1 is 1.44 bits per heavy atom. The van der Waals surface area contributed by atoms with Gasteiger partial charge < -0.3 is 9.84 Å². The number of aromatic hydroxyl groups is 1. The molecule has 90 valence electrons. The lowest BCUT2D eigenvalue weighted by Gasteiger charge is -2.01. The number of nitrogens with zero attached hydrogens (tertiary/aromatic N) is 2. The highest BCUT2D eigenvalue weighted by atomic mass is 32.1. The Morgan fingerprint density at radius 3 is 3.06 bits per heavy atom. The van der Waals surface area contributed by atoms with Gasteiger partial charge in [-0.15, -0.1) is 11.3 Å². The molecule has 0 saturated carbocycles. The van der Waals surface area contributed by atoms with Crippen LogP contribution in [0.25, 0.3) is 20.3 Å². The van der Waals surface area contributed by atoms with E-state index in [1.807, 2.05) is 12.1 Å². The first-order valence-corrected chi connectivity index (χ1v) is 5.97. The predicted molar refractivity (Wildman–Crippen MR) is 67.9 cm³/mol. The molecule has 0 radical (unpaired) electrons. The minimum absolute atomic E-state index is 0.0726. The highest BCUT2D eigenvalue weighted by Gasteiger charge is 2.19. The van der Waals surface area contributed by atoms with Gasteiger partial charge >= 0.3 is 5.97 Å². The van der Waals surface area contributed by atoms with E-state index in [9.17, 15) is 9.90 Å². The summed E-state index contributed by atoms with van der Waals surface area (Å²) >= 11 is 1.37. The topological polar surface area (TPSA) is 72.3 Å². The third kappa shape index (κ3) is 1.42. The van der Waals surface area contributed by atoms with Gasteiger partial charge in [-0.25, -0.2) is 9.78 Å². The molecule has 0 amide bonds. The number of thiophene rings is 1. The van der Waals surface area contributed by atoms with Crippen molar-refractivity contribution < 1.29 is 14.6 Å². The SMILES string of the molecule is COC(=O)c1ncc2c(sc3cccnc32)c1O. The molecule has 0 atom stereocenters. The van der Waals surface area contributed by atoms with Gasteiger partial charge in [0.15, 0.2) is 11.4 Å². The van der Waals surface area contributed by atoms with E-state index < -0.39 is 5.97 Å². The van der Waals surface area contributed by atoms with Crippen molar-refractivity contribution in [2.24, 2.45) is 0 Å². The van der Waals surface area contributed by atoms with Crippen LogP contribution in [0.3, 0.4) is 0 Å². The van der Waals surface area contributed by atoms with Crippen LogP contribution in [0, 0.1) is 0 Å². The fourth-order valence-electron chi connectivity index (χ4n) is 1.79. The van der Waals surface area contributed by atoms with Crippen molar-refractivity contribution in [3.05, 3.63) is 30.2 Å². The molecule has 0 saturated heterocycles. The summed E-state index contributed by atoms with van der Waals surface area (Å²) in [7, 11) is 1.25. The molecule has 0 aromatic carbocycles. The molecule has 0 aliphatic rings. The van der Waals surface area contributed by atoms with Crippen LogP contribution in [-0.2, 0) is 4.74 Å². The van der Waals surface area contributed by atoms with Crippen LogP contribution in [0.5, 0.6) is 5.75 Å². The Labute approximate surface area is 106 Å². The van der Waals surface area contributed by atoms with Crippen LogP contribution in [0.4, 0.5) is 0 Å². The van der Waals surface area contributed by atoms with Crippen LogP contribution in [0.2, 0.25) is 0 Å². The van der Waals surface area contributed by atoms with Crippen LogP contribution < -0.4 is 0 Å². The maximum absolute atomic E-state index is 11.4. The van der Waals surface area contributed by atoms with Gasteiger partial charge in [0.05, 0.1) is 22.0 Å². The number of methoxy groups -OCH3 is 1. The maximum atomic E-state index is 11.4. The third-order valence-corrected chi connectivity index (χ3v) is 3.79. The Hall–Kier alpha value is -2.21. The molecular weight excluding hydrogens is 252 g/mol. The van der Waals surface area contributed by atoms with Crippen LogP contribution in [0.1, 0.15) is 10.5 Å². The first-order chi connectivity index (χ1) is 8.72. The van der Waals surface area contributed by atoms with E-state index in [0.717, 1.165) is 15.6 Å². The van der Waals surface area contributed by atoms with E-state index in [2.05, 4.69) is 14.7 Å². The van der Waals surface area contributed by atoms with Crippen molar-refractivity contribution in [3.8, 4) is 5.75 Å². The maximum Gasteiger partial charge on any atom is 0.360 e. The van der Waals surface area contributed by atoms with Gasteiger partial charge in [0.25, 0.3) is 0 Å². The van der Waals surface area contributed by atoms with E-state index in [4.69, 9.17) is 0 Å². The first kappa shape index (κ1) is 10.9. The molecule has 0 unspecified atom stereocenters. The molecule has 0 spiro atoms.